The van der Waals surface area contributed by atoms with Crippen LogP contribution in [0.3, 0.4) is 0 Å². The van der Waals surface area contributed by atoms with Crippen LogP contribution in [0.2, 0.25) is 0 Å². The molecule has 2 N–H and O–H groups in total. The number of aliphatic imine (C=N–C) groups is 1. The monoisotopic (exact) mass is 291 g/mol. The van der Waals surface area contributed by atoms with Crippen molar-refractivity contribution in [1.29, 1.82) is 0 Å². The van der Waals surface area contributed by atoms with E-state index in [-0.39, 0.29) is 0 Å². The number of nitrogens with zero attached hydrogens (tertiary/aromatic N) is 3. The van der Waals surface area contributed by atoms with Gasteiger partial charge in [0.25, 0.3) is 0 Å². The first-order valence-electron chi connectivity index (χ1n) is 7.48. The van der Waals surface area contributed by atoms with Gasteiger partial charge in [-0.2, -0.15) is 0 Å². The van der Waals surface area contributed by atoms with Crippen molar-refractivity contribution in [3.05, 3.63) is 46.9 Å². The van der Waals surface area contributed by atoms with Crippen molar-refractivity contribution >= 4 is 28.8 Å². The highest BCUT2D eigenvalue weighted by atomic mass is 15.0. The molecule has 0 bridgehead atoms. The van der Waals surface area contributed by atoms with Gasteiger partial charge in [0.2, 0.25) is 0 Å². The van der Waals surface area contributed by atoms with Crippen molar-refractivity contribution in [2.45, 2.75) is 26.8 Å². The second kappa shape index (κ2) is 4.94. The number of nitrogens with one attached hydrogen (secondary N) is 2. The predicted octanol–water partition coefficient (Wildman–Crippen LogP) is 3.50. The van der Waals surface area contributed by atoms with Crippen LogP contribution in [-0.4, -0.2) is 21.2 Å². The van der Waals surface area contributed by atoms with E-state index in [0.717, 1.165) is 35.5 Å². The van der Waals surface area contributed by atoms with E-state index in [0.29, 0.717) is 0 Å². The first kappa shape index (κ1) is 13.0. The van der Waals surface area contributed by atoms with Gasteiger partial charge in [0.15, 0.2) is 0 Å². The fraction of sp³-hybridized carbons (Fsp3) is 0.235. The summed E-state index contributed by atoms with van der Waals surface area (Å²) >= 11 is 0. The number of hydrogen-bond acceptors (Lipinski definition) is 4. The van der Waals surface area contributed by atoms with E-state index >= 15 is 0 Å². The Morgan fingerprint density at radius 2 is 2.18 bits per heavy atom. The van der Waals surface area contributed by atoms with Crippen LogP contribution in [0, 0.1) is 6.92 Å². The molecule has 110 valence electrons. The Bertz CT molecular complexity index is 891. The summed E-state index contributed by atoms with van der Waals surface area (Å²) in [6, 6.07) is 6.30. The first-order chi connectivity index (χ1) is 10.8. The van der Waals surface area contributed by atoms with Crippen molar-refractivity contribution in [3.63, 3.8) is 0 Å². The van der Waals surface area contributed by atoms with E-state index in [1.807, 2.05) is 6.21 Å². The van der Waals surface area contributed by atoms with E-state index in [1.54, 1.807) is 6.33 Å². The lowest BCUT2D eigenvalue weighted by atomic mass is 10.1. The fourth-order valence-electron chi connectivity index (χ4n) is 2.99. The standard InChI is InChI=1S/C17H17N5/c1-3-14-10(2)15-16(19-9-20-17(15)22-14)21-13-5-4-11-7-18-8-12(11)6-13/h4-6,8-9H,3,7H2,1-2H3,(H2,19,20,21,22). The molecule has 0 saturated carbocycles. The van der Waals surface area contributed by atoms with Crippen molar-refractivity contribution in [1.82, 2.24) is 15.0 Å². The quantitative estimate of drug-likeness (QED) is 0.776. The molecule has 3 heterocycles. The Morgan fingerprint density at radius 1 is 1.27 bits per heavy atom. The average molecular weight is 291 g/mol. The molecule has 0 aliphatic carbocycles. The van der Waals surface area contributed by atoms with Gasteiger partial charge in [-0.25, -0.2) is 9.97 Å². The van der Waals surface area contributed by atoms with Crippen LogP contribution in [-0.2, 0) is 13.0 Å². The van der Waals surface area contributed by atoms with Gasteiger partial charge in [0.1, 0.15) is 17.8 Å². The van der Waals surface area contributed by atoms with Crippen LogP contribution < -0.4 is 5.32 Å². The summed E-state index contributed by atoms with van der Waals surface area (Å²) < 4.78 is 0. The first-order valence-corrected chi connectivity index (χ1v) is 7.48. The highest BCUT2D eigenvalue weighted by Gasteiger charge is 2.13. The molecule has 4 rings (SSSR count). The van der Waals surface area contributed by atoms with Crippen LogP contribution >= 0.6 is 0 Å². The number of aryl methyl sites for hydroxylation is 2. The zero-order valence-corrected chi connectivity index (χ0v) is 12.6. The Labute approximate surface area is 128 Å². The Balaban J connectivity index is 1.78. The zero-order valence-electron chi connectivity index (χ0n) is 12.6. The molecule has 0 unspecified atom stereocenters. The topological polar surface area (TPSA) is 66.0 Å². The number of aromatic amines is 1. The maximum atomic E-state index is 4.43. The minimum atomic E-state index is 0.782. The maximum Gasteiger partial charge on any atom is 0.143 e. The molecule has 5 heteroatoms. The minimum absolute atomic E-state index is 0.782. The van der Waals surface area contributed by atoms with Crippen molar-refractivity contribution in [2.24, 2.45) is 4.99 Å². The van der Waals surface area contributed by atoms with E-state index in [9.17, 15) is 0 Å². The van der Waals surface area contributed by atoms with Crippen LogP contribution in [0.5, 0.6) is 0 Å². The van der Waals surface area contributed by atoms with Crippen molar-refractivity contribution in [3.8, 4) is 0 Å². The molecule has 2 aromatic heterocycles. The number of benzene rings is 1. The molecule has 22 heavy (non-hydrogen) atoms. The number of rotatable bonds is 3. The number of aromatic nitrogens is 3. The largest absolute Gasteiger partial charge is 0.343 e. The maximum absolute atomic E-state index is 4.43. The third-order valence-corrected chi connectivity index (χ3v) is 4.20. The smallest absolute Gasteiger partial charge is 0.143 e. The summed E-state index contributed by atoms with van der Waals surface area (Å²) in [5.41, 5.74) is 6.77. The average Bonchev–Trinajstić information content (AvgIpc) is 3.12. The third kappa shape index (κ3) is 1.97. The SMILES string of the molecule is CCc1[nH]c2ncnc(Nc3ccc4c(c3)C=NC4)c2c1C. The fourth-order valence-corrected chi connectivity index (χ4v) is 2.99. The molecular formula is C17H17N5. The van der Waals surface area contributed by atoms with Gasteiger partial charge < -0.3 is 10.3 Å². The molecule has 5 nitrogen and oxygen atoms in total. The molecular weight excluding hydrogens is 274 g/mol. The molecule has 0 atom stereocenters. The summed E-state index contributed by atoms with van der Waals surface area (Å²) in [6.07, 6.45) is 4.47. The van der Waals surface area contributed by atoms with Gasteiger partial charge in [-0.05, 0) is 42.2 Å². The summed E-state index contributed by atoms with van der Waals surface area (Å²) in [5.74, 6) is 0.841. The number of hydrogen-bond donors (Lipinski definition) is 2. The second-order valence-corrected chi connectivity index (χ2v) is 5.54. The lowest BCUT2D eigenvalue weighted by Crippen LogP contribution is -1.97. The van der Waals surface area contributed by atoms with Gasteiger partial charge in [-0.3, -0.25) is 4.99 Å². The van der Waals surface area contributed by atoms with Crippen molar-refractivity contribution < 1.29 is 0 Å². The van der Waals surface area contributed by atoms with Gasteiger partial charge in [0, 0.05) is 17.6 Å². The lowest BCUT2D eigenvalue weighted by molar-refractivity contribution is 1.05. The zero-order chi connectivity index (χ0) is 15.1. The predicted molar refractivity (Wildman–Crippen MR) is 89.0 cm³/mol. The molecule has 1 aliphatic heterocycles. The van der Waals surface area contributed by atoms with E-state index in [1.165, 1.54) is 22.4 Å². The minimum Gasteiger partial charge on any atom is -0.343 e. The second-order valence-electron chi connectivity index (χ2n) is 5.54. The summed E-state index contributed by atoms with van der Waals surface area (Å²) in [6.45, 7) is 5.03. The van der Waals surface area contributed by atoms with Gasteiger partial charge in [-0.1, -0.05) is 13.0 Å². The van der Waals surface area contributed by atoms with Crippen LogP contribution in [0.15, 0.2) is 29.5 Å². The van der Waals surface area contributed by atoms with E-state index in [4.69, 9.17) is 0 Å². The lowest BCUT2D eigenvalue weighted by Gasteiger charge is -2.08. The van der Waals surface area contributed by atoms with Crippen LogP contribution in [0.4, 0.5) is 11.5 Å². The molecule has 0 saturated heterocycles. The number of anilines is 2. The molecule has 1 aliphatic rings. The third-order valence-electron chi connectivity index (χ3n) is 4.20. The Kier molecular flexibility index (Phi) is 2.92. The highest BCUT2D eigenvalue weighted by molar-refractivity contribution is 5.93. The summed E-state index contributed by atoms with van der Waals surface area (Å²) in [7, 11) is 0. The van der Waals surface area contributed by atoms with Crippen molar-refractivity contribution in [2.75, 3.05) is 5.32 Å². The number of fused-ring (bicyclic) bond motifs is 2. The molecule has 0 fully saturated rings. The molecule has 3 aromatic rings. The van der Waals surface area contributed by atoms with Crippen LogP contribution in [0.25, 0.3) is 11.0 Å². The van der Waals surface area contributed by atoms with Crippen LogP contribution in [0.1, 0.15) is 29.3 Å². The summed E-state index contributed by atoms with van der Waals surface area (Å²) in [5, 5.41) is 4.49. The van der Waals surface area contributed by atoms with Gasteiger partial charge >= 0.3 is 0 Å². The van der Waals surface area contributed by atoms with Gasteiger partial charge in [-0.15, -0.1) is 0 Å². The molecule has 0 amide bonds. The molecule has 1 aromatic carbocycles. The summed E-state index contributed by atoms with van der Waals surface area (Å²) in [4.78, 5) is 16.4. The normalized spacial score (nSPS) is 12.8. The number of H-pyrrole nitrogens is 1. The van der Waals surface area contributed by atoms with E-state index in [2.05, 4.69) is 57.3 Å². The highest BCUT2D eigenvalue weighted by Crippen LogP contribution is 2.29. The molecule has 0 radical (unpaired) electrons. The Hall–Kier alpha value is -2.69. The Morgan fingerprint density at radius 3 is 3.05 bits per heavy atom. The van der Waals surface area contributed by atoms with Gasteiger partial charge in [0.05, 0.1) is 11.9 Å². The van der Waals surface area contributed by atoms with E-state index < -0.39 is 0 Å². The molecule has 0 spiro atoms.